The summed E-state index contributed by atoms with van der Waals surface area (Å²) in [6.45, 7) is 1.24. The van der Waals surface area contributed by atoms with Gasteiger partial charge in [-0.3, -0.25) is 9.59 Å². The number of anilines is 1. The van der Waals surface area contributed by atoms with Crippen molar-refractivity contribution in [2.45, 2.75) is 12.8 Å². The number of amides is 1. The fourth-order valence-electron chi connectivity index (χ4n) is 3.11. The van der Waals surface area contributed by atoms with Gasteiger partial charge in [0.15, 0.2) is 17.3 Å². The molecule has 0 radical (unpaired) electrons. The van der Waals surface area contributed by atoms with Crippen LogP contribution in [0.25, 0.3) is 5.52 Å². The molecule has 1 fully saturated rings. The predicted octanol–water partition coefficient (Wildman–Crippen LogP) is 2.53. The lowest BCUT2D eigenvalue weighted by Crippen LogP contribution is -2.33. The van der Waals surface area contributed by atoms with E-state index in [4.69, 9.17) is 10.5 Å². The summed E-state index contributed by atoms with van der Waals surface area (Å²) in [5.74, 6) is -0.737. The highest BCUT2D eigenvalue weighted by atomic mass is 19.1. The maximum Gasteiger partial charge on any atom is 0.248 e. The third-order valence-electron chi connectivity index (χ3n) is 4.58. The Labute approximate surface area is 154 Å². The van der Waals surface area contributed by atoms with E-state index in [2.05, 4.69) is 10.00 Å². The van der Waals surface area contributed by atoms with Crippen molar-refractivity contribution < 1.29 is 18.7 Å². The van der Waals surface area contributed by atoms with Gasteiger partial charge in [-0.25, -0.2) is 8.91 Å². The van der Waals surface area contributed by atoms with Crippen LogP contribution in [0.3, 0.4) is 0 Å². The lowest BCUT2D eigenvalue weighted by molar-refractivity contribution is -0.119. The average molecular weight is 368 g/mol. The molecule has 0 atom stereocenters. The molecule has 3 heterocycles. The number of rotatable bonds is 4. The highest BCUT2D eigenvalue weighted by Crippen LogP contribution is 2.32. The Kier molecular flexibility index (Phi) is 4.23. The van der Waals surface area contributed by atoms with Gasteiger partial charge >= 0.3 is 0 Å². The van der Waals surface area contributed by atoms with E-state index in [9.17, 15) is 14.0 Å². The van der Waals surface area contributed by atoms with E-state index in [1.165, 1.54) is 12.1 Å². The van der Waals surface area contributed by atoms with Gasteiger partial charge in [-0.05, 0) is 24.3 Å². The van der Waals surface area contributed by atoms with E-state index in [0.29, 0.717) is 37.2 Å². The number of ether oxygens (including phenoxy) is 1. The summed E-state index contributed by atoms with van der Waals surface area (Å²) in [5.41, 5.74) is 6.75. The van der Waals surface area contributed by atoms with E-state index < -0.39 is 11.7 Å². The first-order valence-electron chi connectivity index (χ1n) is 8.52. The first-order chi connectivity index (χ1) is 13.0. The van der Waals surface area contributed by atoms with Crippen LogP contribution < -0.4 is 15.4 Å². The summed E-state index contributed by atoms with van der Waals surface area (Å²) in [7, 11) is 0. The van der Waals surface area contributed by atoms with Gasteiger partial charge in [0.25, 0.3) is 0 Å². The van der Waals surface area contributed by atoms with Crippen LogP contribution in [-0.2, 0) is 4.79 Å². The number of halogens is 1. The number of benzene rings is 1. The molecule has 0 unspecified atom stereocenters. The molecule has 0 aliphatic carbocycles. The minimum Gasteiger partial charge on any atom is -0.452 e. The Balaban J connectivity index is 1.70. The number of primary amides is 1. The molecule has 0 saturated carbocycles. The predicted molar refractivity (Wildman–Crippen MR) is 96.6 cm³/mol. The highest BCUT2D eigenvalue weighted by molar-refractivity contribution is 5.92. The molecule has 3 aromatic rings. The van der Waals surface area contributed by atoms with Crippen LogP contribution in [-0.4, -0.2) is 34.4 Å². The number of nitrogens with zero attached hydrogens (tertiary/aromatic N) is 3. The van der Waals surface area contributed by atoms with Crippen LogP contribution in [0.4, 0.5) is 10.1 Å². The Morgan fingerprint density at radius 3 is 2.63 bits per heavy atom. The SMILES string of the molecule is NC(=O)c1ccc(Oc2cc(N3CCC(=O)CC3)cn3nccc23)c(F)c1. The lowest BCUT2D eigenvalue weighted by atomic mass is 10.1. The zero-order chi connectivity index (χ0) is 19.0. The molecule has 0 spiro atoms. The van der Waals surface area contributed by atoms with Gasteiger partial charge in [0.2, 0.25) is 5.91 Å². The normalized spacial score (nSPS) is 14.6. The molecule has 1 amide bonds. The zero-order valence-corrected chi connectivity index (χ0v) is 14.4. The van der Waals surface area contributed by atoms with Crippen molar-refractivity contribution in [1.29, 1.82) is 0 Å². The number of carbonyl (C=O) groups is 2. The van der Waals surface area contributed by atoms with Crippen molar-refractivity contribution in [3.8, 4) is 11.5 Å². The number of nitrogens with two attached hydrogens (primary N) is 1. The number of piperidine rings is 1. The van der Waals surface area contributed by atoms with Crippen molar-refractivity contribution in [3.05, 3.63) is 54.1 Å². The van der Waals surface area contributed by atoms with Crippen molar-refractivity contribution in [1.82, 2.24) is 9.61 Å². The van der Waals surface area contributed by atoms with Crippen LogP contribution in [0.1, 0.15) is 23.2 Å². The number of ketones is 1. The van der Waals surface area contributed by atoms with Gasteiger partial charge in [-0.15, -0.1) is 0 Å². The number of aromatic nitrogens is 2. The Bertz CT molecular complexity index is 1040. The molecule has 8 heteroatoms. The largest absolute Gasteiger partial charge is 0.452 e. The quantitative estimate of drug-likeness (QED) is 0.764. The van der Waals surface area contributed by atoms with Crippen LogP contribution >= 0.6 is 0 Å². The van der Waals surface area contributed by atoms with E-state index >= 15 is 0 Å². The topological polar surface area (TPSA) is 89.9 Å². The smallest absolute Gasteiger partial charge is 0.248 e. The highest BCUT2D eigenvalue weighted by Gasteiger charge is 2.19. The second-order valence-corrected chi connectivity index (χ2v) is 6.36. The van der Waals surface area contributed by atoms with E-state index in [1.807, 2.05) is 6.20 Å². The van der Waals surface area contributed by atoms with Crippen molar-refractivity contribution in [3.63, 3.8) is 0 Å². The van der Waals surface area contributed by atoms with Crippen LogP contribution in [0.5, 0.6) is 11.5 Å². The van der Waals surface area contributed by atoms with Gasteiger partial charge in [-0.1, -0.05) is 0 Å². The van der Waals surface area contributed by atoms with Crippen molar-refractivity contribution in [2.75, 3.05) is 18.0 Å². The Hall–Kier alpha value is -3.42. The molecule has 1 aliphatic rings. The summed E-state index contributed by atoms with van der Waals surface area (Å²) >= 11 is 0. The molecule has 7 nitrogen and oxygen atoms in total. The molecular formula is C19H17FN4O3. The summed E-state index contributed by atoms with van der Waals surface area (Å²) in [4.78, 5) is 24.7. The molecule has 2 N–H and O–H groups in total. The minimum atomic E-state index is -0.708. The average Bonchev–Trinajstić information content (AvgIpc) is 3.12. The van der Waals surface area contributed by atoms with E-state index in [0.717, 1.165) is 11.8 Å². The first-order valence-corrected chi connectivity index (χ1v) is 8.52. The maximum atomic E-state index is 14.3. The molecular weight excluding hydrogens is 351 g/mol. The number of fused-ring (bicyclic) bond motifs is 1. The Morgan fingerprint density at radius 1 is 1.15 bits per heavy atom. The van der Waals surface area contributed by atoms with Gasteiger partial charge in [-0.2, -0.15) is 5.10 Å². The molecule has 1 aliphatic heterocycles. The van der Waals surface area contributed by atoms with Crippen LogP contribution in [0, 0.1) is 5.82 Å². The number of pyridine rings is 1. The summed E-state index contributed by atoms with van der Waals surface area (Å²) < 4.78 is 21.8. The second-order valence-electron chi connectivity index (χ2n) is 6.36. The number of carbonyl (C=O) groups excluding carboxylic acids is 2. The van der Waals surface area contributed by atoms with Gasteiger partial charge in [0, 0.05) is 37.6 Å². The molecule has 27 heavy (non-hydrogen) atoms. The summed E-state index contributed by atoms with van der Waals surface area (Å²) in [6, 6.07) is 7.39. The van der Waals surface area contributed by atoms with Crippen molar-refractivity contribution >= 4 is 22.9 Å². The van der Waals surface area contributed by atoms with E-state index in [1.54, 1.807) is 22.8 Å². The van der Waals surface area contributed by atoms with Crippen LogP contribution in [0.15, 0.2) is 42.7 Å². The Morgan fingerprint density at radius 2 is 1.93 bits per heavy atom. The van der Waals surface area contributed by atoms with Crippen LogP contribution in [0.2, 0.25) is 0 Å². The number of Topliss-reactive ketones (excluding diaryl/α,β-unsaturated/α-hetero) is 1. The molecule has 2 aromatic heterocycles. The third-order valence-corrected chi connectivity index (χ3v) is 4.58. The van der Waals surface area contributed by atoms with Crippen molar-refractivity contribution in [2.24, 2.45) is 5.73 Å². The first kappa shape index (κ1) is 17.0. The lowest BCUT2D eigenvalue weighted by Gasteiger charge is -2.28. The molecule has 1 aromatic carbocycles. The standard InChI is InChI=1S/C19H17FN4O3/c20-15-9-12(19(21)26)1-2-17(15)27-18-10-13(11-24-16(18)3-6-22-24)23-7-4-14(25)5-8-23/h1-3,6,9-11H,4-5,7-8H2,(H2,21,26). The summed E-state index contributed by atoms with van der Waals surface area (Å²) in [5, 5.41) is 4.24. The molecule has 1 saturated heterocycles. The van der Waals surface area contributed by atoms with Gasteiger partial charge < -0.3 is 15.4 Å². The maximum absolute atomic E-state index is 14.3. The number of hydrogen-bond donors (Lipinski definition) is 1. The molecule has 138 valence electrons. The molecule has 4 rings (SSSR count). The summed E-state index contributed by atoms with van der Waals surface area (Å²) in [6.07, 6.45) is 4.47. The van der Waals surface area contributed by atoms with Gasteiger partial charge in [0.1, 0.15) is 11.3 Å². The minimum absolute atomic E-state index is 0.0194. The third kappa shape index (κ3) is 3.33. The fraction of sp³-hybridized carbons (Fsp3) is 0.211. The molecule has 0 bridgehead atoms. The number of hydrogen-bond acceptors (Lipinski definition) is 5. The fourth-order valence-corrected chi connectivity index (χ4v) is 3.11. The van der Waals surface area contributed by atoms with E-state index in [-0.39, 0.29) is 17.1 Å². The second kappa shape index (κ2) is 6.71. The monoisotopic (exact) mass is 368 g/mol. The van der Waals surface area contributed by atoms with Gasteiger partial charge in [0.05, 0.1) is 18.1 Å². The zero-order valence-electron chi connectivity index (χ0n) is 14.4.